The molecule has 0 unspecified atom stereocenters. The molecule has 94 valence electrons. The highest BCUT2D eigenvalue weighted by atomic mass is 19.1. The van der Waals surface area contributed by atoms with Crippen LogP contribution in [-0.2, 0) is 0 Å². The Labute approximate surface area is 110 Å². The molecular weight excluding hydrogens is 243 g/mol. The van der Waals surface area contributed by atoms with Crippen molar-refractivity contribution in [2.45, 2.75) is 6.92 Å². The highest BCUT2D eigenvalue weighted by Gasteiger charge is 2.12. The van der Waals surface area contributed by atoms with E-state index in [2.05, 4.69) is 11.8 Å². The summed E-state index contributed by atoms with van der Waals surface area (Å²) >= 11 is 0. The molecule has 2 aromatic carbocycles. The van der Waals surface area contributed by atoms with Crippen LogP contribution in [0.1, 0.15) is 27.0 Å². The first-order valence-corrected chi connectivity index (χ1v) is 5.69. The molecular formula is C16H11FO2. The van der Waals surface area contributed by atoms with Crippen LogP contribution in [-0.4, -0.2) is 11.1 Å². The number of halogens is 1. The van der Waals surface area contributed by atoms with Gasteiger partial charge in [-0.1, -0.05) is 36.1 Å². The first-order chi connectivity index (χ1) is 9.09. The molecule has 0 atom stereocenters. The van der Waals surface area contributed by atoms with Crippen molar-refractivity contribution in [3.05, 3.63) is 70.5 Å². The highest BCUT2D eigenvalue weighted by molar-refractivity contribution is 5.88. The van der Waals surface area contributed by atoms with Gasteiger partial charge in [0.2, 0.25) is 0 Å². The minimum absolute atomic E-state index is 0.0863. The Morgan fingerprint density at radius 1 is 1.05 bits per heavy atom. The molecule has 0 radical (unpaired) electrons. The Hall–Kier alpha value is -2.60. The third kappa shape index (κ3) is 2.80. The van der Waals surface area contributed by atoms with Gasteiger partial charge in [-0.2, -0.15) is 0 Å². The van der Waals surface area contributed by atoms with Gasteiger partial charge in [-0.3, -0.25) is 0 Å². The van der Waals surface area contributed by atoms with E-state index in [4.69, 9.17) is 5.11 Å². The molecule has 0 bridgehead atoms. The molecule has 0 heterocycles. The number of carboxylic acids is 1. The molecule has 1 N–H and O–H groups in total. The Morgan fingerprint density at radius 3 is 2.37 bits per heavy atom. The third-order valence-corrected chi connectivity index (χ3v) is 2.71. The summed E-state index contributed by atoms with van der Waals surface area (Å²) < 4.78 is 13.8. The molecule has 2 nitrogen and oxygen atoms in total. The first-order valence-electron chi connectivity index (χ1n) is 5.69. The van der Waals surface area contributed by atoms with E-state index < -0.39 is 11.8 Å². The van der Waals surface area contributed by atoms with E-state index in [1.54, 1.807) is 0 Å². The van der Waals surface area contributed by atoms with Crippen molar-refractivity contribution < 1.29 is 14.3 Å². The lowest BCUT2D eigenvalue weighted by Crippen LogP contribution is -2.01. The van der Waals surface area contributed by atoms with Gasteiger partial charge in [-0.25, -0.2) is 9.18 Å². The number of carboxylic acid groups (broad SMARTS) is 1. The van der Waals surface area contributed by atoms with Crippen LogP contribution in [0.25, 0.3) is 0 Å². The highest BCUT2D eigenvalue weighted by Crippen LogP contribution is 2.12. The van der Waals surface area contributed by atoms with E-state index in [-0.39, 0.29) is 11.1 Å². The molecule has 0 aromatic heterocycles. The number of aryl methyl sites for hydroxylation is 1. The minimum Gasteiger partial charge on any atom is -0.478 e. The number of carbonyl (C=O) groups is 1. The minimum atomic E-state index is -1.29. The van der Waals surface area contributed by atoms with Crippen molar-refractivity contribution in [1.29, 1.82) is 0 Å². The number of benzene rings is 2. The van der Waals surface area contributed by atoms with Crippen LogP contribution < -0.4 is 0 Å². The lowest BCUT2D eigenvalue weighted by molar-refractivity contribution is 0.0692. The van der Waals surface area contributed by atoms with Crippen LogP contribution in [0.5, 0.6) is 0 Å². The normalized spacial score (nSPS) is 9.58. The fourth-order valence-corrected chi connectivity index (χ4v) is 1.64. The summed E-state index contributed by atoms with van der Waals surface area (Å²) in [4.78, 5) is 10.8. The van der Waals surface area contributed by atoms with Crippen LogP contribution in [0.2, 0.25) is 0 Å². The van der Waals surface area contributed by atoms with Crippen molar-refractivity contribution in [1.82, 2.24) is 0 Å². The second kappa shape index (κ2) is 5.36. The summed E-state index contributed by atoms with van der Waals surface area (Å²) in [5.41, 5.74) is 1.51. The van der Waals surface area contributed by atoms with Gasteiger partial charge < -0.3 is 5.11 Å². The molecule has 2 aromatic rings. The zero-order valence-corrected chi connectivity index (χ0v) is 10.3. The van der Waals surface area contributed by atoms with Crippen molar-refractivity contribution in [3.8, 4) is 11.8 Å². The van der Waals surface area contributed by atoms with Crippen LogP contribution in [0.15, 0.2) is 42.5 Å². The van der Waals surface area contributed by atoms with Crippen molar-refractivity contribution >= 4 is 5.97 Å². The lowest BCUT2D eigenvalue weighted by Gasteiger charge is -1.99. The van der Waals surface area contributed by atoms with Gasteiger partial charge in [-0.15, -0.1) is 0 Å². The lowest BCUT2D eigenvalue weighted by atomic mass is 10.1. The van der Waals surface area contributed by atoms with Gasteiger partial charge in [0.25, 0.3) is 0 Å². The van der Waals surface area contributed by atoms with Gasteiger partial charge in [0, 0.05) is 5.56 Å². The van der Waals surface area contributed by atoms with Gasteiger partial charge in [0.05, 0.1) is 11.1 Å². The molecule has 0 aliphatic carbocycles. The number of hydrogen-bond acceptors (Lipinski definition) is 1. The predicted octanol–water partition coefficient (Wildman–Crippen LogP) is 3.23. The van der Waals surface area contributed by atoms with Gasteiger partial charge >= 0.3 is 5.97 Å². The monoisotopic (exact) mass is 254 g/mol. The van der Waals surface area contributed by atoms with E-state index in [9.17, 15) is 9.18 Å². The average Bonchev–Trinajstić information content (AvgIpc) is 2.39. The molecule has 3 heteroatoms. The predicted molar refractivity (Wildman–Crippen MR) is 70.5 cm³/mol. The maximum atomic E-state index is 13.8. The third-order valence-electron chi connectivity index (χ3n) is 2.71. The average molecular weight is 254 g/mol. The number of hydrogen-bond donors (Lipinski definition) is 1. The summed E-state index contributed by atoms with van der Waals surface area (Å²) in [7, 11) is 0. The summed E-state index contributed by atoms with van der Waals surface area (Å²) in [5, 5.41) is 8.83. The van der Waals surface area contributed by atoms with E-state index in [0.29, 0.717) is 0 Å². The fraction of sp³-hybridized carbons (Fsp3) is 0.0625. The summed E-state index contributed by atoms with van der Waals surface area (Å²) in [6.07, 6.45) is 0. The SMILES string of the molecule is Cc1ccccc1C#Cc1cccc(C(=O)O)c1F. The first kappa shape index (κ1) is 12.8. The van der Waals surface area contributed by atoms with E-state index in [1.165, 1.54) is 18.2 Å². The van der Waals surface area contributed by atoms with Gasteiger partial charge in [-0.05, 0) is 30.7 Å². The fourth-order valence-electron chi connectivity index (χ4n) is 1.64. The van der Waals surface area contributed by atoms with E-state index in [0.717, 1.165) is 11.1 Å². The smallest absolute Gasteiger partial charge is 0.338 e. The van der Waals surface area contributed by atoms with Crippen LogP contribution in [0.4, 0.5) is 4.39 Å². The van der Waals surface area contributed by atoms with Crippen LogP contribution in [0, 0.1) is 24.6 Å². The molecule has 19 heavy (non-hydrogen) atoms. The zero-order valence-electron chi connectivity index (χ0n) is 10.3. The summed E-state index contributed by atoms with van der Waals surface area (Å²) in [6.45, 7) is 1.91. The van der Waals surface area contributed by atoms with Crippen molar-refractivity contribution in [3.63, 3.8) is 0 Å². The maximum Gasteiger partial charge on any atom is 0.338 e. The van der Waals surface area contributed by atoms with E-state index >= 15 is 0 Å². The Morgan fingerprint density at radius 2 is 1.68 bits per heavy atom. The largest absolute Gasteiger partial charge is 0.478 e. The second-order valence-corrected chi connectivity index (χ2v) is 4.04. The topological polar surface area (TPSA) is 37.3 Å². The molecule has 0 saturated heterocycles. The number of rotatable bonds is 1. The molecule has 0 spiro atoms. The molecule has 0 aliphatic heterocycles. The Bertz CT molecular complexity index is 693. The molecule has 0 saturated carbocycles. The summed E-state index contributed by atoms with van der Waals surface area (Å²) in [6, 6.07) is 11.7. The van der Waals surface area contributed by atoms with Crippen LogP contribution >= 0.6 is 0 Å². The molecule has 0 aliphatic rings. The number of aromatic carboxylic acids is 1. The van der Waals surface area contributed by atoms with E-state index in [1.807, 2.05) is 31.2 Å². The molecule has 2 rings (SSSR count). The van der Waals surface area contributed by atoms with Crippen LogP contribution in [0.3, 0.4) is 0 Å². The maximum absolute atomic E-state index is 13.8. The second-order valence-electron chi connectivity index (χ2n) is 4.04. The van der Waals surface area contributed by atoms with Gasteiger partial charge in [0.15, 0.2) is 5.82 Å². The van der Waals surface area contributed by atoms with Crippen molar-refractivity contribution in [2.75, 3.05) is 0 Å². The zero-order chi connectivity index (χ0) is 13.8. The Kier molecular flexibility index (Phi) is 3.63. The summed E-state index contributed by atoms with van der Waals surface area (Å²) in [5.74, 6) is 3.44. The standard InChI is InChI=1S/C16H11FO2/c1-11-5-2-3-6-12(11)9-10-13-7-4-8-14(15(13)17)16(18)19/h2-8H,1H3,(H,18,19). The molecule has 0 fully saturated rings. The van der Waals surface area contributed by atoms with Gasteiger partial charge in [0.1, 0.15) is 0 Å². The molecule has 0 amide bonds. The van der Waals surface area contributed by atoms with Crippen molar-refractivity contribution in [2.24, 2.45) is 0 Å². The quantitative estimate of drug-likeness (QED) is 0.793. The Balaban J connectivity index is 2.44.